The summed E-state index contributed by atoms with van der Waals surface area (Å²) in [6.07, 6.45) is 0. The summed E-state index contributed by atoms with van der Waals surface area (Å²) in [6.45, 7) is 8.56. The molecule has 0 bridgehead atoms. The van der Waals surface area contributed by atoms with E-state index in [9.17, 15) is 8.78 Å². The Balaban J connectivity index is 2.45. The first kappa shape index (κ1) is 15.2. The Morgan fingerprint density at radius 2 is 1.55 bits per heavy atom. The van der Waals surface area contributed by atoms with E-state index in [1.54, 1.807) is 7.05 Å². The zero-order valence-electron chi connectivity index (χ0n) is 13.0. The van der Waals surface area contributed by atoms with E-state index in [1.807, 2.05) is 0 Å². The summed E-state index contributed by atoms with van der Waals surface area (Å²) in [5, 5.41) is 3.09. The molecular formula is C16H23F2NO. The molecule has 1 aliphatic carbocycles. The lowest BCUT2D eigenvalue weighted by Crippen LogP contribution is -2.24. The van der Waals surface area contributed by atoms with Crippen LogP contribution in [0.3, 0.4) is 0 Å². The maximum Gasteiger partial charge on any atom is 0.134 e. The minimum Gasteiger partial charge on any atom is -0.497 e. The smallest absolute Gasteiger partial charge is 0.134 e. The van der Waals surface area contributed by atoms with Crippen LogP contribution >= 0.6 is 0 Å². The van der Waals surface area contributed by atoms with Crippen molar-refractivity contribution in [1.82, 2.24) is 5.32 Å². The minimum absolute atomic E-state index is 0.0412. The number of hydrogen-bond donors (Lipinski definition) is 1. The molecule has 1 aromatic rings. The molecule has 0 aliphatic heterocycles. The van der Waals surface area contributed by atoms with Gasteiger partial charge in [0.1, 0.15) is 17.4 Å². The third kappa shape index (κ3) is 2.01. The first-order valence-corrected chi connectivity index (χ1v) is 6.88. The van der Waals surface area contributed by atoms with Crippen LogP contribution in [0.2, 0.25) is 0 Å². The van der Waals surface area contributed by atoms with Crippen molar-refractivity contribution in [3.8, 4) is 5.75 Å². The average molecular weight is 283 g/mol. The van der Waals surface area contributed by atoms with Crippen molar-refractivity contribution in [1.29, 1.82) is 0 Å². The third-order valence-corrected chi connectivity index (χ3v) is 5.38. The average Bonchev–Trinajstić information content (AvgIpc) is 2.75. The second-order valence-electron chi connectivity index (χ2n) is 6.69. The summed E-state index contributed by atoms with van der Waals surface area (Å²) in [4.78, 5) is 0. The zero-order valence-corrected chi connectivity index (χ0v) is 13.0. The molecule has 1 atom stereocenters. The lowest BCUT2D eigenvalue weighted by molar-refractivity contribution is 0.384. The van der Waals surface area contributed by atoms with Gasteiger partial charge in [-0.2, -0.15) is 0 Å². The summed E-state index contributed by atoms with van der Waals surface area (Å²) < 4.78 is 33.4. The van der Waals surface area contributed by atoms with Crippen LogP contribution in [0, 0.1) is 28.4 Å². The van der Waals surface area contributed by atoms with Crippen LogP contribution in [0.1, 0.15) is 39.3 Å². The molecule has 1 fully saturated rings. The second-order valence-corrected chi connectivity index (χ2v) is 6.69. The molecular weight excluding hydrogens is 260 g/mol. The molecule has 1 aliphatic rings. The fraction of sp³-hybridized carbons (Fsp3) is 0.625. The summed E-state index contributed by atoms with van der Waals surface area (Å²) >= 11 is 0. The van der Waals surface area contributed by atoms with E-state index in [0.717, 1.165) is 0 Å². The molecule has 4 heteroatoms. The maximum absolute atomic E-state index is 14.3. The number of rotatable bonds is 4. The number of hydrogen-bond acceptors (Lipinski definition) is 2. The molecule has 112 valence electrons. The number of ether oxygens (including phenoxy) is 1. The van der Waals surface area contributed by atoms with Gasteiger partial charge in [0.2, 0.25) is 0 Å². The van der Waals surface area contributed by atoms with Crippen molar-refractivity contribution >= 4 is 0 Å². The standard InChI is InChI=1S/C16H23F2NO/c1-15(2)14(16(15,3)4)13(19-5)12-10(17)7-9(20-6)8-11(12)18/h7-8,13-14,19H,1-6H3. The number of halogens is 2. The largest absolute Gasteiger partial charge is 0.497 e. The van der Waals surface area contributed by atoms with Crippen molar-refractivity contribution in [3.05, 3.63) is 29.3 Å². The Bertz CT molecular complexity index is 488. The maximum atomic E-state index is 14.3. The van der Waals surface area contributed by atoms with Gasteiger partial charge in [-0.3, -0.25) is 0 Å². The molecule has 0 aromatic heterocycles. The molecule has 0 amide bonds. The van der Waals surface area contributed by atoms with Gasteiger partial charge >= 0.3 is 0 Å². The Hall–Kier alpha value is -1.16. The molecule has 0 heterocycles. The van der Waals surface area contributed by atoms with Gasteiger partial charge in [-0.1, -0.05) is 27.7 Å². The fourth-order valence-corrected chi connectivity index (χ4v) is 3.53. The van der Waals surface area contributed by atoms with Gasteiger partial charge in [-0.15, -0.1) is 0 Å². The molecule has 1 saturated carbocycles. The van der Waals surface area contributed by atoms with Crippen LogP contribution in [0.25, 0.3) is 0 Å². The zero-order chi connectivity index (χ0) is 15.3. The van der Waals surface area contributed by atoms with E-state index >= 15 is 0 Å². The van der Waals surface area contributed by atoms with E-state index < -0.39 is 11.6 Å². The highest BCUT2D eigenvalue weighted by Gasteiger charge is 2.67. The Morgan fingerprint density at radius 3 is 1.85 bits per heavy atom. The molecule has 0 radical (unpaired) electrons. The predicted octanol–water partition coefficient (Wildman–Crippen LogP) is 3.92. The van der Waals surface area contributed by atoms with Gasteiger partial charge in [-0.25, -0.2) is 8.78 Å². The third-order valence-electron chi connectivity index (χ3n) is 5.38. The quantitative estimate of drug-likeness (QED) is 0.904. The molecule has 1 N–H and O–H groups in total. The van der Waals surface area contributed by atoms with Crippen molar-refractivity contribution < 1.29 is 13.5 Å². The first-order valence-electron chi connectivity index (χ1n) is 6.88. The monoisotopic (exact) mass is 283 g/mol. The molecule has 2 rings (SSSR count). The summed E-state index contributed by atoms with van der Waals surface area (Å²) in [6, 6.07) is 2.14. The summed E-state index contributed by atoms with van der Waals surface area (Å²) in [5.41, 5.74) is 0.191. The van der Waals surface area contributed by atoms with Crippen LogP contribution in [-0.2, 0) is 0 Å². The number of nitrogens with one attached hydrogen (secondary N) is 1. The van der Waals surface area contributed by atoms with E-state index in [0.29, 0.717) is 0 Å². The number of methoxy groups -OCH3 is 1. The topological polar surface area (TPSA) is 21.3 Å². The lowest BCUT2D eigenvalue weighted by atomic mass is 9.95. The van der Waals surface area contributed by atoms with Crippen molar-refractivity contribution in [2.75, 3.05) is 14.2 Å². The van der Waals surface area contributed by atoms with Crippen molar-refractivity contribution in [3.63, 3.8) is 0 Å². The summed E-state index contributed by atoms with van der Waals surface area (Å²) in [5.74, 6) is -0.732. The highest BCUT2D eigenvalue weighted by atomic mass is 19.1. The highest BCUT2D eigenvalue weighted by Crippen LogP contribution is 2.72. The predicted molar refractivity (Wildman–Crippen MR) is 75.8 cm³/mol. The van der Waals surface area contributed by atoms with E-state index in [2.05, 4.69) is 33.0 Å². The Labute approximate surface area is 119 Å². The normalized spacial score (nSPS) is 21.6. The van der Waals surface area contributed by atoms with Gasteiger partial charge in [0, 0.05) is 23.7 Å². The van der Waals surface area contributed by atoms with Crippen LogP contribution in [0.5, 0.6) is 5.75 Å². The minimum atomic E-state index is -0.556. The fourth-order valence-electron chi connectivity index (χ4n) is 3.53. The molecule has 1 aromatic carbocycles. The molecule has 2 nitrogen and oxygen atoms in total. The Morgan fingerprint density at radius 1 is 1.10 bits per heavy atom. The number of benzene rings is 1. The van der Waals surface area contributed by atoms with Crippen LogP contribution in [-0.4, -0.2) is 14.2 Å². The van der Waals surface area contributed by atoms with Gasteiger partial charge in [0.15, 0.2) is 0 Å². The van der Waals surface area contributed by atoms with Crippen LogP contribution in [0.4, 0.5) is 8.78 Å². The molecule has 0 spiro atoms. The highest BCUT2D eigenvalue weighted by molar-refractivity contribution is 5.35. The van der Waals surface area contributed by atoms with Gasteiger partial charge in [0.05, 0.1) is 7.11 Å². The SMILES string of the molecule is CNC(c1c(F)cc(OC)cc1F)C1C(C)(C)C1(C)C. The summed E-state index contributed by atoms with van der Waals surface area (Å²) in [7, 11) is 3.15. The van der Waals surface area contributed by atoms with Gasteiger partial charge in [-0.05, 0) is 23.8 Å². The Kier molecular flexibility index (Phi) is 3.57. The molecule has 20 heavy (non-hydrogen) atoms. The van der Waals surface area contributed by atoms with E-state index in [1.165, 1.54) is 19.2 Å². The van der Waals surface area contributed by atoms with Crippen molar-refractivity contribution in [2.45, 2.75) is 33.7 Å². The molecule has 0 saturated heterocycles. The second kappa shape index (κ2) is 4.69. The van der Waals surface area contributed by atoms with E-state index in [4.69, 9.17) is 4.74 Å². The van der Waals surface area contributed by atoms with Crippen molar-refractivity contribution in [2.24, 2.45) is 16.7 Å². The van der Waals surface area contributed by atoms with Crippen LogP contribution < -0.4 is 10.1 Å². The van der Waals surface area contributed by atoms with Gasteiger partial charge < -0.3 is 10.1 Å². The van der Waals surface area contributed by atoms with Crippen LogP contribution in [0.15, 0.2) is 12.1 Å². The lowest BCUT2D eigenvalue weighted by Gasteiger charge is -2.21. The van der Waals surface area contributed by atoms with Gasteiger partial charge in [0.25, 0.3) is 0 Å². The first-order chi connectivity index (χ1) is 9.18. The molecule has 1 unspecified atom stereocenters. The van der Waals surface area contributed by atoms with E-state index in [-0.39, 0.29) is 34.1 Å².